The molecule has 7 heteroatoms. The summed E-state index contributed by atoms with van der Waals surface area (Å²) in [5.41, 5.74) is 4.12. The summed E-state index contributed by atoms with van der Waals surface area (Å²) in [4.78, 5) is 41.1. The summed E-state index contributed by atoms with van der Waals surface area (Å²) >= 11 is 0.869. The molecule has 0 aliphatic carbocycles. The first-order valence-corrected chi connectivity index (χ1v) is 10.5. The number of ether oxygens (including phenoxy) is 1. The number of thioether (sulfide) groups is 1. The van der Waals surface area contributed by atoms with Gasteiger partial charge in [-0.3, -0.25) is 19.3 Å². The minimum atomic E-state index is -0.425. The lowest BCUT2D eigenvalue weighted by molar-refractivity contribution is -0.136. The van der Waals surface area contributed by atoms with Gasteiger partial charge in [-0.1, -0.05) is 30.3 Å². The summed E-state index contributed by atoms with van der Waals surface area (Å²) in [6, 6.07) is 13.5. The predicted octanol–water partition coefficient (Wildman–Crippen LogP) is 3.62. The number of hydrogen-bond donors (Lipinski definition) is 0. The van der Waals surface area contributed by atoms with Crippen molar-refractivity contribution in [3.05, 3.63) is 69.6 Å². The molecule has 3 amide bonds. The highest BCUT2D eigenvalue weighted by Crippen LogP contribution is 2.33. The molecule has 0 bridgehead atoms. The molecule has 2 aromatic carbocycles. The Balaban J connectivity index is 1.46. The van der Waals surface area contributed by atoms with Gasteiger partial charge in [-0.2, -0.15) is 0 Å². The number of aryl methyl sites for hydroxylation is 1. The van der Waals surface area contributed by atoms with Gasteiger partial charge in [-0.15, -0.1) is 0 Å². The van der Waals surface area contributed by atoms with Gasteiger partial charge < -0.3 is 9.64 Å². The second-order valence-corrected chi connectivity index (χ2v) is 8.32. The van der Waals surface area contributed by atoms with E-state index in [1.807, 2.05) is 37.3 Å². The van der Waals surface area contributed by atoms with Crippen LogP contribution in [0.3, 0.4) is 0 Å². The zero-order valence-electron chi connectivity index (χ0n) is 16.9. The molecule has 0 saturated carbocycles. The summed E-state index contributed by atoms with van der Waals surface area (Å²) in [5, 5.41) is -0.414. The molecule has 2 aliphatic rings. The van der Waals surface area contributed by atoms with Crippen LogP contribution in [0.25, 0.3) is 6.08 Å². The van der Waals surface area contributed by atoms with Crippen LogP contribution in [0.1, 0.15) is 22.3 Å². The molecule has 2 heterocycles. The first kappa shape index (κ1) is 20.2. The lowest BCUT2D eigenvalue weighted by Crippen LogP contribution is -2.44. The first-order valence-electron chi connectivity index (χ1n) is 9.71. The molecule has 2 aromatic rings. The van der Waals surface area contributed by atoms with E-state index in [9.17, 15) is 14.4 Å². The van der Waals surface area contributed by atoms with Crippen molar-refractivity contribution in [1.29, 1.82) is 0 Å². The second kappa shape index (κ2) is 8.36. The van der Waals surface area contributed by atoms with Crippen molar-refractivity contribution in [3.8, 4) is 5.75 Å². The normalized spacial score (nSPS) is 17.5. The molecule has 1 fully saturated rings. The van der Waals surface area contributed by atoms with Crippen LogP contribution in [0.2, 0.25) is 0 Å². The SMILES string of the molecule is COc1ccc(C=C2SC(=O)N(CC(=O)N3CCc4ccccc4C3)C2=O)c(C)c1. The Morgan fingerprint density at radius 2 is 1.93 bits per heavy atom. The van der Waals surface area contributed by atoms with Gasteiger partial charge in [-0.25, -0.2) is 0 Å². The highest BCUT2D eigenvalue weighted by Gasteiger charge is 2.37. The summed E-state index contributed by atoms with van der Waals surface area (Å²) < 4.78 is 5.20. The van der Waals surface area contributed by atoms with Crippen LogP contribution in [-0.4, -0.2) is 47.1 Å². The summed E-state index contributed by atoms with van der Waals surface area (Å²) in [6.07, 6.45) is 2.47. The van der Waals surface area contributed by atoms with Gasteiger partial charge in [0.25, 0.3) is 11.1 Å². The Morgan fingerprint density at radius 1 is 1.17 bits per heavy atom. The Labute approximate surface area is 179 Å². The molecule has 2 aliphatic heterocycles. The molecule has 0 spiro atoms. The Bertz CT molecular complexity index is 1060. The number of imide groups is 1. The maximum atomic E-state index is 12.8. The molecule has 30 heavy (non-hydrogen) atoms. The Kier molecular flexibility index (Phi) is 5.63. The zero-order valence-corrected chi connectivity index (χ0v) is 17.7. The molecule has 0 aromatic heterocycles. The third-order valence-electron chi connectivity index (χ3n) is 5.41. The molecule has 0 unspecified atom stereocenters. The third-order valence-corrected chi connectivity index (χ3v) is 6.32. The maximum absolute atomic E-state index is 12.8. The Morgan fingerprint density at radius 3 is 2.67 bits per heavy atom. The average molecular weight is 423 g/mol. The number of rotatable bonds is 4. The largest absolute Gasteiger partial charge is 0.497 e. The molecule has 154 valence electrons. The van der Waals surface area contributed by atoms with Gasteiger partial charge >= 0.3 is 0 Å². The van der Waals surface area contributed by atoms with E-state index in [0.717, 1.165) is 45.5 Å². The molecule has 0 N–H and O–H groups in total. The van der Waals surface area contributed by atoms with Crippen molar-refractivity contribution in [1.82, 2.24) is 9.80 Å². The van der Waals surface area contributed by atoms with Crippen molar-refractivity contribution in [3.63, 3.8) is 0 Å². The third kappa shape index (κ3) is 3.98. The van der Waals surface area contributed by atoms with Crippen molar-refractivity contribution in [2.45, 2.75) is 19.9 Å². The summed E-state index contributed by atoms with van der Waals surface area (Å²) in [6.45, 7) is 2.78. The molecule has 4 rings (SSSR count). The van der Waals surface area contributed by atoms with E-state index in [-0.39, 0.29) is 12.5 Å². The fourth-order valence-corrected chi connectivity index (χ4v) is 4.49. The Hall–Kier alpha value is -3.06. The molecule has 1 saturated heterocycles. The highest BCUT2D eigenvalue weighted by molar-refractivity contribution is 8.18. The predicted molar refractivity (Wildman–Crippen MR) is 116 cm³/mol. The van der Waals surface area contributed by atoms with Crippen LogP contribution in [-0.2, 0) is 22.6 Å². The van der Waals surface area contributed by atoms with E-state index in [0.29, 0.717) is 18.0 Å². The fourth-order valence-electron chi connectivity index (χ4n) is 3.66. The topological polar surface area (TPSA) is 66.9 Å². The van der Waals surface area contributed by atoms with Crippen LogP contribution in [0.15, 0.2) is 47.4 Å². The second-order valence-electron chi connectivity index (χ2n) is 7.32. The molecule has 0 atom stereocenters. The van der Waals surface area contributed by atoms with Gasteiger partial charge in [0.1, 0.15) is 12.3 Å². The summed E-state index contributed by atoms with van der Waals surface area (Å²) in [7, 11) is 1.59. The first-order chi connectivity index (χ1) is 14.5. The van der Waals surface area contributed by atoms with Gasteiger partial charge in [0.2, 0.25) is 5.91 Å². The molecule has 0 radical (unpaired) electrons. The van der Waals surface area contributed by atoms with E-state index in [1.54, 1.807) is 24.2 Å². The van der Waals surface area contributed by atoms with Gasteiger partial charge in [0.05, 0.1) is 12.0 Å². The number of benzene rings is 2. The van der Waals surface area contributed by atoms with Crippen LogP contribution in [0.4, 0.5) is 4.79 Å². The van der Waals surface area contributed by atoms with Crippen LogP contribution >= 0.6 is 11.8 Å². The number of nitrogens with zero attached hydrogens (tertiary/aromatic N) is 2. The van der Waals surface area contributed by atoms with Crippen molar-refractivity contribution in [2.75, 3.05) is 20.2 Å². The number of fused-ring (bicyclic) bond motifs is 1. The maximum Gasteiger partial charge on any atom is 0.294 e. The van der Waals surface area contributed by atoms with E-state index in [4.69, 9.17) is 4.74 Å². The van der Waals surface area contributed by atoms with Crippen LogP contribution in [0, 0.1) is 6.92 Å². The van der Waals surface area contributed by atoms with Crippen molar-refractivity contribution in [2.24, 2.45) is 0 Å². The van der Waals surface area contributed by atoms with E-state index < -0.39 is 11.1 Å². The number of carbonyl (C=O) groups excluding carboxylic acids is 3. The lowest BCUT2D eigenvalue weighted by atomic mass is 10.00. The monoisotopic (exact) mass is 422 g/mol. The smallest absolute Gasteiger partial charge is 0.294 e. The number of methoxy groups -OCH3 is 1. The average Bonchev–Trinajstić information content (AvgIpc) is 3.02. The van der Waals surface area contributed by atoms with Crippen molar-refractivity contribution >= 4 is 34.9 Å². The standard InChI is InChI=1S/C23H22N2O4S/c1-15-11-19(29-2)8-7-17(15)12-20-22(27)25(23(28)30-20)14-21(26)24-10-9-16-5-3-4-6-18(16)13-24/h3-8,11-12H,9-10,13-14H2,1-2H3. The number of hydrogen-bond acceptors (Lipinski definition) is 5. The minimum Gasteiger partial charge on any atom is -0.497 e. The van der Waals surface area contributed by atoms with Gasteiger partial charge in [0.15, 0.2) is 0 Å². The van der Waals surface area contributed by atoms with Crippen LogP contribution < -0.4 is 4.74 Å². The van der Waals surface area contributed by atoms with E-state index in [1.165, 1.54) is 5.56 Å². The minimum absolute atomic E-state index is 0.214. The van der Waals surface area contributed by atoms with Gasteiger partial charge in [-0.05, 0) is 65.6 Å². The fraction of sp³-hybridized carbons (Fsp3) is 0.261. The summed E-state index contributed by atoms with van der Waals surface area (Å²) in [5.74, 6) is 0.0890. The van der Waals surface area contributed by atoms with E-state index >= 15 is 0 Å². The van der Waals surface area contributed by atoms with Gasteiger partial charge in [0, 0.05) is 13.1 Å². The molecular weight excluding hydrogens is 400 g/mol. The number of amides is 3. The molecular formula is C23H22N2O4S. The van der Waals surface area contributed by atoms with Crippen LogP contribution in [0.5, 0.6) is 5.75 Å². The van der Waals surface area contributed by atoms with Crippen molar-refractivity contribution < 1.29 is 19.1 Å². The lowest BCUT2D eigenvalue weighted by Gasteiger charge is -2.29. The quantitative estimate of drug-likeness (QED) is 0.704. The molecule has 6 nitrogen and oxygen atoms in total. The number of carbonyl (C=O) groups is 3. The highest BCUT2D eigenvalue weighted by atomic mass is 32.2. The van der Waals surface area contributed by atoms with E-state index in [2.05, 4.69) is 6.07 Å². The zero-order chi connectivity index (χ0) is 21.3.